The number of aliphatic carboxylic acids is 1. The zero-order chi connectivity index (χ0) is 21.3. The summed E-state index contributed by atoms with van der Waals surface area (Å²) >= 11 is 0. The van der Waals surface area contributed by atoms with Crippen molar-refractivity contribution in [2.75, 3.05) is 0 Å². The number of fused-ring (bicyclic) bond motifs is 1. The minimum Gasteiger partial charge on any atom is -0.511 e. The summed E-state index contributed by atoms with van der Waals surface area (Å²) in [7, 11) is 0. The van der Waals surface area contributed by atoms with Gasteiger partial charge in [0.05, 0.1) is 6.04 Å². The fourth-order valence-corrected chi connectivity index (χ4v) is 5.23. The van der Waals surface area contributed by atoms with Crippen molar-refractivity contribution in [1.82, 2.24) is 5.32 Å². The van der Waals surface area contributed by atoms with E-state index in [-0.39, 0.29) is 41.9 Å². The Morgan fingerprint density at radius 1 is 1.24 bits per heavy atom. The lowest BCUT2D eigenvalue weighted by Crippen LogP contribution is -2.38. The van der Waals surface area contributed by atoms with Crippen LogP contribution in [0.3, 0.4) is 0 Å². The molecule has 2 fully saturated rings. The van der Waals surface area contributed by atoms with Gasteiger partial charge in [-0.25, -0.2) is 0 Å². The predicted molar refractivity (Wildman–Crippen MR) is 109 cm³/mol. The average Bonchev–Trinajstić information content (AvgIpc) is 2.97. The first-order valence-electron chi connectivity index (χ1n) is 10.6. The molecule has 1 amide bonds. The molecule has 0 aromatic rings. The maximum atomic E-state index is 12.8. The quantitative estimate of drug-likeness (QED) is 0.283. The van der Waals surface area contributed by atoms with Gasteiger partial charge in [0.15, 0.2) is 5.78 Å². The Balaban J connectivity index is 1.97. The van der Waals surface area contributed by atoms with E-state index in [1.807, 2.05) is 19.9 Å². The number of nitrogens with one attached hydrogen (secondary N) is 1. The number of aliphatic hydroxyl groups excluding tert-OH is 1. The topological polar surface area (TPSA) is 104 Å². The summed E-state index contributed by atoms with van der Waals surface area (Å²) in [5.41, 5.74) is 0.927. The first kappa shape index (κ1) is 21.3. The van der Waals surface area contributed by atoms with Crippen molar-refractivity contribution in [2.45, 2.75) is 58.9 Å². The lowest BCUT2D eigenvalue weighted by Gasteiger charge is -2.44. The normalized spacial score (nSPS) is 36.6. The van der Waals surface area contributed by atoms with E-state index in [2.05, 4.69) is 24.4 Å². The number of aliphatic hydroxyl groups is 1. The molecule has 6 heteroatoms. The molecule has 3 rings (SSSR count). The third-order valence-electron chi connectivity index (χ3n) is 6.93. The highest BCUT2D eigenvalue weighted by Crippen LogP contribution is 2.49. The highest BCUT2D eigenvalue weighted by Gasteiger charge is 2.46. The van der Waals surface area contributed by atoms with Gasteiger partial charge in [-0.15, -0.1) is 0 Å². The Morgan fingerprint density at radius 3 is 2.62 bits per heavy atom. The van der Waals surface area contributed by atoms with Crippen LogP contribution in [0.15, 0.2) is 35.1 Å². The molecule has 0 unspecified atom stereocenters. The lowest BCUT2D eigenvalue weighted by molar-refractivity contribution is -0.137. The number of amides is 1. The van der Waals surface area contributed by atoms with Crippen molar-refractivity contribution in [3.8, 4) is 0 Å². The maximum absolute atomic E-state index is 12.8. The van der Waals surface area contributed by atoms with E-state index in [0.29, 0.717) is 11.8 Å². The van der Waals surface area contributed by atoms with E-state index in [0.717, 1.165) is 24.8 Å². The minimum absolute atomic E-state index is 0.0299. The van der Waals surface area contributed by atoms with Crippen LogP contribution in [0.5, 0.6) is 0 Å². The second-order valence-corrected chi connectivity index (χ2v) is 8.80. The molecular weight excluding hydrogens is 370 g/mol. The summed E-state index contributed by atoms with van der Waals surface area (Å²) in [6.45, 7) is 6.20. The van der Waals surface area contributed by atoms with Gasteiger partial charge in [-0.05, 0) is 50.9 Å². The van der Waals surface area contributed by atoms with E-state index >= 15 is 0 Å². The van der Waals surface area contributed by atoms with Crippen LogP contribution in [0.4, 0.5) is 0 Å². The Labute approximate surface area is 171 Å². The number of carbonyl (C=O) groups is 3. The molecule has 1 saturated carbocycles. The number of carboxylic acids is 1. The number of rotatable bonds is 5. The lowest BCUT2D eigenvalue weighted by atomic mass is 9.60. The molecule has 3 N–H and O–H groups in total. The molecule has 0 radical (unpaired) electrons. The van der Waals surface area contributed by atoms with Crippen LogP contribution >= 0.6 is 0 Å². The molecule has 0 aromatic heterocycles. The van der Waals surface area contributed by atoms with Crippen molar-refractivity contribution in [3.63, 3.8) is 0 Å². The highest BCUT2D eigenvalue weighted by molar-refractivity contribution is 6.26. The zero-order valence-corrected chi connectivity index (χ0v) is 17.4. The van der Waals surface area contributed by atoms with E-state index in [9.17, 15) is 19.5 Å². The monoisotopic (exact) mass is 401 g/mol. The molecule has 0 spiro atoms. The summed E-state index contributed by atoms with van der Waals surface area (Å²) in [4.78, 5) is 36.2. The summed E-state index contributed by atoms with van der Waals surface area (Å²) < 4.78 is 0. The standard InChI is InChI=1S/C23H31NO5/c1-4-13(3)15-8-6-14-11-12(2)5-7-16(14)19(15)22(28)20-21(27)17(24-23(20)29)9-10-18(25)26/h4,6,8,12,14-17,19,28H,5,7,9-11H2,1-3H3,(H,24,29)(H,25,26)/b13-4+,22-20-/t12-,14-,15+,16-,17-,19-/m0/s1. The number of allylic oxidation sites excluding steroid dienone is 5. The predicted octanol–water partition coefficient (Wildman–Crippen LogP) is 3.55. The van der Waals surface area contributed by atoms with Crippen molar-refractivity contribution >= 4 is 17.7 Å². The van der Waals surface area contributed by atoms with Gasteiger partial charge < -0.3 is 15.5 Å². The molecule has 158 valence electrons. The average molecular weight is 402 g/mol. The number of carboxylic acid groups (broad SMARTS) is 1. The van der Waals surface area contributed by atoms with Gasteiger partial charge in [0.25, 0.3) is 5.91 Å². The first-order chi connectivity index (χ1) is 13.7. The van der Waals surface area contributed by atoms with Gasteiger partial charge in [-0.3, -0.25) is 14.4 Å². The van der Waals surface area contributed by atoms with Crippen molar-refractivity contribution in [2.24, 2.45) is 29.6 Å². The van der Waals surface area contributed by atoms with Gasteiger partial charge in [-0.2, -0.15) is 0 Å². The molecule has 1 heterocycles. The minimum atomic E-state index is -1.02. The third-order valence-corrected chi connectivity index (χ3v) is 6.93. The number of Topliss-reactive ketones (excluding diaryl/α,β-unsaturated/α-hetero) is 1. The van der Waals surface area contributed by atoms with Crippen molar-refractivity contribution in [1.29, 1.82) is 0 Å². The molecule has 6 atom stereocenters. The number of hydrogen-bond donors (Lipinski definition) is 3. The van der Waals surface area contributed by atoms with Crippen LogP contribution in [-0.2, 0) is 14.4 Å². The van der Waals surface area contributed by atoms with Crippen LogP contribution in [0.25, 0.3) is 0 Å². The van der Waals surface area contributed by atoms with Crippen LogP contribution < -0.4 is 5.32 Å². The molecule has 1 saturated heterocycles. The number of hydrogen-bond acceptors (Lipinski definition) is 4. The van der Waals surface area contributed by atoms with Gasteiger partial charge >= 0.3 is 5.97 Å². The fourth-order valence-electron chi connectivity index (χ4n) is 5.23. The second-order valence-electron chi connectivity index (χ2n) is 8.80. The smallest absolute Gasteiger partial charge is 0.303 e. The van der Waals surface area contributed by atoms with Crippen LogP contribution in [0, 0.1) is 29.6 Å². The van der Waals surface area contributed by atoms with Gasteiger partial charge in [0.2, 0.25) is 0 Å². The molecule has 0 bridgehead atoms. The summed E-state index contributed by atoms with van der Waals surface area (Å²) in [5, 5.41) is 22.7. The van der Waals surface area contributed by atoms with Gasteiger partial charge in [0.1, 0.15) is 11.3 Å². The molecule has 1 aliphatic heterocycles. The summed E-state index contributed by atoms with van der Waals surface area (Å²) in [5.74, 6) is -1.45. The van der Waals surface area contributed by atoms with Crippen LogP contribution in [0.1, 0.15) is 52.9 Å². The molecule has 2 aliphatic carbocycles. The molecular formula is C23H31NO5. The molecule has 0 aromatic carbocycles. The van der Waals surface area contributed by atoms with Crippen LogP contribution in [-0.4, -0.2) is 33.9 Å². The number of ketones is 1. The Bertz CT molecular complexity index is 793. The maximum Gasteiger partial charge on any atom is 0.303 e. The Hall–Kier alpha value is -2.37. The zero-order valence-electron chi connectivity index (χ0n) is 17.4. The van der Waals surface area contributed by atoms with Crippen molar-refractivity contribution in [3.05, 3.63) is 35.1 Å². The fraction of sp³-hybridized carbons (Fsp3) is 0.609. The first-order valence-corrected chi connectivity index (χ1v) is 10.6. The Morgan fingerprint density at radius 2 is 1.97 bits per heavy atom. The molecule has 29 heavy (non-hydrogen) atoms. The van der Waals surface area contributed by atoms with E-state index < -0.39 is 23.7 Å². The summed E-state index contributed by atoms with van der Waals surface area (Å²) in [6, 6.07) is -0.877. The largest absolute Gasteiger partial charge is 0.511 e. The molecule has 6 nitrogen and oxygen atoms in total. The van der Waals surface area contributed by atoms with Crippen LogP contribution in [0.2, 0.25) is 0 Å². The van der Waals surface area contributed by atoms with E-state index in [1.165, 1.54) is 0 Å². The third kappa shape index (κ3) is 4.16. The van der Waals surface area contributed by atoms with Crippen molar-refractivity contribution < 1.29 is 24.6 Å². The number of carbonyl (C=O) groups excluding carboxylic acids is 2. The molecule has 3 aliphatic rings. The Kier molecular flexibility index (Phi) is 6.30. The summed E-state index contributed by atoms with van der Waals surface area (Å²) in [6.07, 6.45) is 9.26. The van der Waals surface area contributed by atoms with E-state index in [1.54, 1.807) is 0 Å². The SMILES string of the molecule is C/C=C(\C)[C@H]1C=C[C@H]2C[C@@H](C)CC[C@@H]2[C@H]1/C(O)=C1/C(=O)N[C@@H](CCC(=O)O)C1=O. The van der Waals surface area contributed by atoms with Gasteiger partial charge in [0, 0.05) is 18.3 Å². The second kappa shape index (κ2) is 8.56. The highest BCUT2D eigenvalue weighted by atomic mass is 16.4. The van der Waals surface area contributed by atoms with Gasteiger partial charge in [-0.1, -0.05) is 37.1 Å². The van der Waals surface area contributed by atoms with E-state index in [4.69, 9.17) is 5.11 Å².